The topological polar surface area (TPSA) is 18.5 Å². The fraction of sp³-hybridized carbons (Fsp3) is 0.870. The third kappa shape index (κ3) is 33.3. The molecule has 0 aliphatic carbocycles. The predicted octanol–water partition coefficient (Wildman–Crippen LogP) is 16.5. The second kappa shape index (κ2) is 38.6. The quantitative estimate of drug-likeness (QED) is 0.0647. The van der Waals surface area contributed by atoms with Gasteiger partial charge >= 0.3 is 0 Å². The van der Waals surface area contributed by atoms with Gasteiger partial charge in [-0.05, 0) is 25.0 Å². The van der Waals surface area contributed by atoms with Crippen molar-refractivity contribution in [2.75, 3.05) is 13.2 Å². The van der Waals surface area contributed by atoms with Crippen LogP contribution in [0.15, 0.2) is 24.3 Å². The van der Waals surface area contributed by atoms with Gasteiger partial charge < -0.3 is 9.47 Å². The van der Waals surface area contributed by atoms with E-state index in [0.29, 0.717) is 0 Å². The van der Waals surface area contributed by atoms with Crippen LogP contribution in [0.5, 0.6) is 11.5 Å². The zero-order valence-corrected chi connectivity index (χ0v) is 33.0. The van der Waals surface area contributed by atoms with Crippen LogP contribution in [0.3, 0.4) is 0 Å². The van der Waals surface area contributed by atoms with Gasteiger partial charge in [0, 0.05) is 6.07 Å². The second-order valence-corrected chi connectivity index (χ2v) is 15.2. The first-order valence-corrected chi connectivity index (χ1v) is 22.2. The molecule has 0 saturated heterocycles. The Morgan fingerprint density at radius 3 is 0.729 bits per heavy atom. The summed E-state index contributed by atoms with van der Waals surface area (Å²) in [6, 6.07) is 8.27. The van der Waals surface area contributed by atoms with E-state index < -0.39 is 0 Å². The Morgan fingerprint density at radius 2 is 0.500 bits per heavy atom. The summed E-state index contributed by atoms with van der Waals surface area (Å²) in [5.74, 6) is 1.91. The molecule has 0 aliphatic heterocycles. The number of hydrogen-bond donors (Lipinski definition) is 0. The highest BCUT2D eigenvalue weighted by atomic mass is 16.5. The average molecular weight is 671 g/mol. The van der Waals surface area contributed by atoms with Gasteiger partial charge in [-0.3, -0.25) is 0 Å². The molecule has 0 unspecified atom stereocenters. The van der Waals surface area contributed by atoms with Crippen LogP contribution >= 0.6 is 0 Å². The summed E-state index contributed by atoms with van der Waals surface area (Å²) in [5.41, 5.74) is 0. The fourth-order valence-corrected chi connectivity index (χ4v) is 7.04. The number of ether oxygens (including phenoxy) is 2. The van der Waals surface area contributed by atoms with Crippen molar-refractivity contribution in [2.45, 2.75) is 245 Å². The molecule has 0 aliphatic rings. The Labute approximate surface area is 302 Å². The van der Waals surface area contributed by atoms with E-state index in [1.54, 1.807) is 0 Å². The summed E-state index contributed by atoms with van der Waals surface area (Å²) in [7, 11) is 0. The molecule has 0 aromatic heterocycles. The average Bonchev–Trinajstić information content (AvgIpc) is 3.10. The summed E-state index contributed by atoms with van der Waals surface area (Å²) in [6.45, 7) is 6.25. The molecule has 0 radical (unpaired) electrons. The molecular formula is C46H86O2. The molecule has 0 N–H and O–H groups in total. The summed E-state index contributed by atoms with van der Waals surface area (Å²) in [5, 5.41) is 0. The summed E-state index contributed by atoms with van der Waals surface area (Å²) in [4.78, 5) is 0. The molecule has 0 atom stereocenters. The van der Waals surface area contributed by atoms with E-state index in [9.17, 15) is 0 Å². The van der Waals surface area contributed by atoms with Crippen molar-refractivity contribution in [3.05, 3.63) is 24.3 Å². The Balaban J connectivity index is 1.81. The molecule has 1 aromatic carbocycles. The van der Waals surface area contributed by atoms with Gasteiger partial charge in [-0.15, -0.1) is 0 Å². The molecule has 0 amide bonds. The summed E-state index contributed by atoms with van der Waals surface area (Å²) >= 11 is 0. The Kier molecular flexibility index (Phi) is 36.1. The van der Waals surface area contributed by atoms with Crippen LogP contribution in [0.25, 0.3) is 0 Å². The van der Waals surface area contributed by atoms with Crippen LogP contribution in [-0.4, -0.2) is 13.2 Å². The summed E-state index contributed by atoms with van der Waals surface area (Å²) < 4.78 is 12.1. The highest BCUT2D eigenvalue weighted by Crippen LogP contribution is 2.21. The minimum absolute atomic E-state index is 0.821. The van der Waals surface area contributed by atoms with Crippen molar-refractivity contribution in [3.63, 3.8) is 0 Å². The van der Waals surface area contributed by atoms with Crippen molar-refractivity contribution in [2.24, 2.45) is 0 Å². The first-order chi connectivity index (χ1) is 23.9. The van der Waals surface area contributed by atoms with Gasteiger partial charge in [-0.25, -0.2) is 0 Å². The number of benzene rings is 1. The standard InChI is InChI=1S/C46H86O2/c1-3-5-7-9-11-13-15-17-19-21-23-25-27-29-31-33-35-37-42-47-45-40-39-41-46(44-45)48-43-38-36-34-32-30-28-26-24-22-20-18-16-14-12-10-8-6-4-2/h39-41,44H,3-38,42-43H2,1-2H3. The van der Waals surface area contributed by atoms with Crippen LogP contribution < -0.4 is 9.47 Å². The number of hydrogen-bond acceptors (Lipinski definition) is 2. The zero-order valence-electron chi connectivity index (χ0n) is 33.0. The largest absolute Gasteiger partial charge is 0.493 e. The second-order valence-electron chi connectivity index (χ2n) is 15.2. The lowest BCUT2D eigenvalue weighted by Gasteiger charge is -2.10. The minimum Gasteiger partial charge on any atom is -0.493 e. The van der Waals surface area contributed by atoms with E-state index in [4.69, 9.17) is 9.47 Å². The van der Waals surface area contributed by atoms with E-state index in [1.165, 1.54) is 218 Å². The zero-order chi connectivity index (χ0) is 34.3. The molecule has 282 valence electrons. The van der Waals surface area contributed by atoms with E-state index in [0.717, 1.165) is 37.6 Å². The van der Waals surface area contributed by atoms with E-state index in [2.05, 4.69) is 38.1 Å². The van der Waals surface area contributed by atoms with Crippen molar-refractivity contribution in [1.29, 1.82) is 0 Å². The number of rotatable bonds is 40. The Hall–Kier alpha value is -1.18. The van der Waals surface area contributed by atoms with Gasteiger partial charge in [-0.2, -0.15) is 0 Å². The van der Waals surface area contributed by atoms with Crippen LogP contribution in [0, 0.1) is 0 Å². The van der Waals surface area contributed by atoms with Crippen molar-refractivity contribution < 1.29 is 9.47 Å². The molecule has 2 nitrogen and oxygen atoms in total. The molecule has 0 spiro atoms. The molecular weight excluding hydrogens is 585 g/mol. The van der Waals surface area contributed by atoms with Crippen LogP contribution in [0.4, 0.5) is 0 Å². The third-order valence-electron chi connectivity index (χ3n) is 10.3. The lowest BCUT2D eigenvalue weighted by molar-refractivity contribution is 0.289. The molecule has 0 heterocycles. The smallest absolute Gasteiger partial charge is 0.122 e. The van der Waals surface area contributed by atoms with Gasteiger partial charge in [0.05, 0.1) is 13.2 Å². The van der Waals surface area contributed by atoms with Gasteiger partial charge in [0.2, 0.25) is 0 Å². The molecule has 0 saturated carbocycles. The van der Waals surface area contributed by atoms with Crippen LogP contribution in [-0.2, 0) is 0 Å². The SMILES string of the molecule is CCCCCCCCCCCCCCCCCCCCOc1cccc(OCCCCCCCCCCCCCCCCCCCC)c1. The Morgan fingerprint density at radius 1 is 0.292 bits per heavy atom. The van der Waals surface area contributed by atoms with Gasteiger partial charge in [0.15, 0.2) is 0 Å². The third-order valence-corrected chi connectivity index (χ3v) is 10.3. The summed E-state index contributed by atoms with van der Waals surface area (Å²) in [6.07, 6.45) is 50.8. The molecule has 2 heteroatoms. The lowest BCUT2D eigenvalue weighted by Crippen LogP contribution is -2.00. The first kappa shape index (κ1) is 44.8. The van der Waals surface area contributed by atoms with Gasteiger partial charge in [0.25, 0.3) is 0 Å². The maximum absolute atomic E-state index is 6.04. The molecule has 0 bridgehead atoms. The molecule has 1 aromatic rings. The van der Waals surface area contributed by atoms with E-state index >= 15 is 0 Å². The lowest BCUT2D eigenvalue weighted by atomic mass is 10.0. The van der Waals surface area contributed by atoms with Gasteiger partial charge in [0.1, 0.15) is 11.5 Å². The maximum Gasteiger partial charge on any atom is 0.122 e. The van der Waals surface area contributed by atoms with Crippen molar-refractivity contribution in [1.82, 2.24) is 0 Å². The normalized spacial score (nSPS) is 11.4. The number of unbranched alkanes of at least 4 members (excludes halogenated alkanes) is 34. The minimum atomic E-state index is 0.821. The Bertz CT molecular complexity index is 673. The first-order valence-electron chi connectivity index (χ1n) is 22.2. The molecule has 0 fully saturated rings. The monoisotopic (exact) mass is 671 g/mol. The molecule has 48 heavy (non-hydrogen) atoms. The predicted molar refractivity (Wildman–Crippen MR) is 215 cm³/mol. The highest BCUT2D eigenvalue weighted by Gasteiger charge is 2.01. The van der Waals surface area contributed by atoms with Crippen LogP contribution in [0.1, 0.15) is 245 Å². The maximum atomic E-state index is 6.04. The highest BCUT2D eigenvalue weighted by molar-refractivity contribution is 5.32. The van der Waals surface area contributed by atoms with E-state index in [1.807, 2.05) is 0 Å². The van der Waals surface area contributed by atoms with Crippen molar-refractivity contribution in [3.8, 4) is 11.5 Å². The van der Waals surface area contributed by atoms with Crippen molar-refractivity contribution >= 4 is 0 Å². The van der Waals surface area contributed by atoms with Gasteiger partial charge in [-0.1, -0.05) is 238 Å². The van der Waals surface area contributed by atoms with Crippen LogP contribution in [0.2, 0.25) is 0 Å². The molecule has 1 rings (SSSR count). The van der Waals surface area contributed by atoms with E-state index in [-0.39, 0.29) is 0 Å². The fourth-order valence-electron chi connectivity index (χ4n) is 7.04.